The summed E-state index contributed by atoms with van der Waals surface area (Å²) in [6.45, 7) is 4.03. The summed E-state index contributed by atoms with van der Waals surface area (Å²) in [6.07, 6.45) is 0. The van der Waals surface area contributed by atoms with Crippen LogP contribution in [-0.4, -0.2) is 22.1 Å². The van der Waals surface area contributed by atoms with E-state index in [1.54, 1.807) is 37.3 Å². The van der Waals surface area contributed by atoms with Crippen LogP contribution >= 0.6 is 0 Å². The fourth-order valence-corrected chi connectivity index (χ4v) is 3.24. The second-order valence-electron chi connectivity index (χ2n) is 7.56. The predicted molar refractivity (Wildman–Crippen MR) is 126 cm³/mol. The van der Waals surface area contributed by atoms with Crippen LogP contribution in [0.25, 0.3) is 11.5 Å². The van der Waals surface area contributed by atoms with Crippen LogP contribution in [-0.2, 0) is 6.54 Å². The smallest absolute Gasteiger partial charge is 0.323 e. The van der Waals surface area contributed by atoms with Gasteiger partial charge in [0.25, 0.3) is 11.8 Å². The summed E-state index contributed by atoms with van der Waals surface area (Å²) in [5.74, 6) is 0.755. The average Bonchev–Trinajstić information content (AvgIpc) is 3.24. The number of carbonyl (C=O) groups excluding carboxylic acids is 2. The van der Waals surface area contributed by atoms with Gasteiger partial charge in [0.15, 0.2) is 5.82 Å². The van der Waals surface area contributed by atoms with Crippen molar-refractivity contribution in [1.29, 1.82) is 0 Å². The number of aryl methyl sites for hydroxylation is 2. The van der Waals surface area contributed by atoms with Crippen LogP contribution < -0.4 is 16.0 Å². The standard InChI is InChI=1S/C25H23N5O3/c1-16-5-3-7-21(13-16)28-25(32)29-22-8-4-6-18(14-22)15-26-23(31)19-9-11-20(12-10-19)24-27-17(2)30-33-24/h3-14H,15H2,1-2H3,(H,26,31)(H2,28,29,32). The van der Waals surface area contributed by atoms with E-state index in [9.17, 15) is 9.59 Å². The van der Waals surface area contributed by atoms with Crippen molar-refractivity contribution in [3.63, 3.8) is 0 Å². The van der Waals surface area contributed by atoms with Crippen LogP contribution in [0, 0.1) is 13.8 Å². The molecule has 0 aliphatic rings. The molecule has 4 rings (SSSR count). The third kappa shape index (κ3) is 5.82. The molecule has 0 aliphatic heterocycles. The predicted octanol–water partition coefficient (Wildman–Crippen LogP) is 4.93. The maximum Gasteiger partial charge on any atom is 0.323 e. The Balaban J connectivity index is 1.32. The summed E-state index contributed by atoms with van der Waals surface area (Å²) in [4.78, 5) is 29.0. The van der Waals surface area contributed by atoms with Crippen molar-refractivity contribution in [2.24, 2.45) is 0 Å². The third-order valence-corrected chi connectivity index (χ3v) is 4.84. The zero-order valence-corrected chi connectivity index (χ0v) is 18.3. The molecule has 0 saturated carbocycles. The van der Waals surface area contributed by atoms with Gasteiger partial charge in [0.1, 0.15) is 0 Å². The van der Waals surface area contributed by atoms with E-state index < -0.39 is 0 Å². The molecule has 0 unspecified atom stereocenters. The maximum atomic E-state index is 12.5. The van der Waals surface area contributed by atoms with E-state index in [2.05, 4.69) is 26.1 Å². The first-order chi connectivity index (χ1) is 16.0. The molecular weight excluding hydrogens is 418 g/mol. The van der Waals surface area contributed by atoms with Crippen LogP contribution in [0.15, 0.2) is 77.3 Å². The van der Waals surface area contributed by atoms with Gasteiger partial charge in [-0.2, -0.15) is 4.98 Å². The first-order valence-corrected chi connectivity index (χ1v) is 10.4. The lowest BCUT2D eigenvalue weighted by Gasteiger charge is -2.10. The molecule has 0 bridgehead atoms. The number of nitrogens with zero attached hydrogens (tertiary/aromatic N) is 2. The Morgan fingerprint density at radius 1 is 0.879 bits per heavy atom. The number of benzene rings is 3. The lowest BCUT2D eigenvalue weighted by molar-refractivity contribution is 0.0951. The van der Waals surface area contributed by atoms with E-state index in [-0.39, 0.29) is 11.9 Å². The number of rotatable bonds is 6. The SMILES string of the molecule is Cc1cccc(NC(=O)Nc2cccc(CNC(=O)c3ccc(-c4nc(C)no4)cc3)c2)c1. The molecule has 0 spiro atoms. The summed E-state index contributed by atoms with van der Waals surface area (Å²) in [5.41, 5.74) is 4.53. The van der Waals surface area contributed by atoms with Gasteiger partial charge in [-0.3, -0.25) is 4.79 Å². The lowest BCUT2D eigenvalue weighted by Crippen LogP contribution is -2.23. The van der Waals surface area contributed by atoms with Gasteiger partial charge in [-0.1, -0.05) is 29.4 Å². The van der Waals surface area contributed by atoms with Crippen LogP contribution in [0.3, 0.4) is 0 Å². The number of aromatic nitrogens is 2. The molecular formula is C25H23N5O3. The second kappa shape index (κ2) is 9.78. The van der Waals surface area contributed by atoms with Gasteiger partial charge in [0.2, 0.25) is 0 Å². The van der Waals surface area contributed by atoms with E-state index in [1.807, 2.05) is 49.4 Å². The molecule has 0 aliphatic carbocycles. The third-order valence-electron chi connectivity index (χ3n) is 4.84. The van der Waals surface area contributed by atoms with Crippen molar-refractivity contribution < 1.29 is 14.1 Å². The van der Waals surface area contributed by atoms with Gasteiger partial charge in [0.05, 0.1) is 0 Å². The quantitative estimate of drug-likeness (QED) is 0.393. The lowest BCUT2D eigenvalue weighted by atomic mass is 10.1. The Morgan fingerprint density at radius 3 is 2.24 bits per heavy atom. The van der Waals surface area contributed by atoms with Gasteiger partial charge < -0.3 is 20.5 Å². The Morgan fingerprint density at radius 2 is 1.58 bits per heavy atom. The van der Waals surface area contributed by atoms with E-state index in [0.717, 1.165) is 22.4 Å². The first kappa shape index (κ1) is 21.8. The first-order valence-electron chi connectivity index (χ1n) is 10.4. The fraction of sp³-hybridized carbons (Fsp3) is 0.120. The van der Waals surface area contributed by atoms with Crippen molar-refractivity contribution in [3.8, 4) is 11.5 Å². The molecule has 0 radical (unpaired) electrons. The Labute approximate surface area is 191 Å². The second-order valence-corrected chi connectivity index (χ2v) is 7.56. The van der Waals surface area contributed by atoms with Gasteiger partial charge in [-0.15, -0.1) is 0 Å². The van der Waals surface area contributed by atoms with Crippen LogP contribution in [0.1, 0.15) is 27.3 Å². The number of carbonyl (C=O) groups is 2. The van der Waals surface area contributed by atoms with Gasteiger partial charge in [-0.05, 0) is 73.5 Å². The summed E-state index contributed by atoms with van der Waals surface area (Å²) >= 11 is 0. The van der Waals surface area contributed by atoms with Gasteiger partial charge >= 0.3 is 6.03 Å². The van der Waals surface area contributed by atoms with Gasteiger partial charge in [0, 0.05) is 29.0 Å². The Hall–Kier alpha value is -4.46. The highest BCUT2D eigenvalue weighted by Crippen LogP contribution is 2.18. The molecule has 1 heterocycles. The zero-order valence-electron chi connectivity index (χ0n) is 18.3. The highest BCUT2D eigenvalue weighted by molar-refractivity contribution is 5.99. The zero-order chi connectivity index (χ0) is 23.2. The molecule has 3 N–H and O–H groups in total. The van der Waals surface area contributed by atoms with Crippen molar-refractivity contribution in [2.45, 2.75) is 20.4 Å². The van der Waals surface area contributed by atoms with Crippen molar-refractivity contribution in [3.05, 3.63) is 95.3 Å². The molecule has 1 aromatic heterocycles. The fourth-order valence-electron chi connectivity index (χ4n) is 3.24. The van der Waals surface area contributed by atoms with Crippen LogP contribution in [0.2, 0.25) is 0 Å². The molecule has 0 atom stereocenters. The minimum absolute atomic E-state index is 0.209. The van der Waals surface area contributed by atoms with Crippen LogP contribution in [0.4, 0.5) is 16.2 Å². The minimum Gasteiger partial charge on any atom is -0.348 e. The van der Waals surface area contributed by atoms with E-state index in [1.165, 1.54) is 0 Å². The average molecular weight is 441 g/mol. The Kier molecular flexibility index (Phi) is 6.45. The molecule has 3 aromatic carbocycles. The molecule has 0 fully saturated rings. The monoisotopic (exact) mass is 441 g/mol. The normalized spacial score (nSPS) is 10.5. The van der Waals surface area contributed by atoms with E-state index in [4.69, 9.17) is 4.52 Å². The molecule has 4 aromatic rings. The molecule has 0 saturated heterocycles. The number of urea groups is 1. The van der Waals surface area contributed by atoms with E-state index in [0.29, 0.717) is 29.5 Å². The summed E-state index contributed by atoms with van der Waals surface area (Å²) in [5, 5.41) is 12.3. The van der Waals surface area contributed by atoms with Crippen molar-refractivity contribution in [1.82, 2.24) is 15.5 Å². The van der Waals surface area contributed by atoms with E-state index >= 15 is 0 Å². The number of amides is 3. The molecule has 8 heteroatoms. The maximum absolute atomic E-state index is 12.5. The Bertz CT molecular complexity index is 1280. The minimum atomic E-state index is -0.335. The highest BCUT2D eigenvalue weighted by atomic mass is 16.5. The van der Waals surface area contributed by atoms with Crippen molar-refractivity contribution >= 4 is 23.3 Å². The molecule has 3 amide bonds. The summed E-state index contributed by atoms with van der Waals surface area (Å²) < 4.78 is 5.14. The number of anilines is 2. The number of hydrogen-bond donors (Lipinski definition) is 3. The van der Waals surface area contributed by atoms with Crippen LogP contribution in [0.5, 0.6) is 0 Å². The molecule has 8 nitrogen and oxygen atoms in total. The number of nitrogens with one attached hydrogen (secondary N) is 3. The largest absolute Gasteiger partial charge is 0.348 e. The van der Waals surface area contributed by atoms with Crippen molar-refractivity contribution in [2.75, 3.05) is 10.6 Å². The molecule has 166 valence electrons. The van der Waals surface area contributed by atoms with Gasteiger partial charge in [-0.25, -0.2) is 4.79 Å². The number of hydrogen-bond acceptors (Lipinski definition) is 5. The molecule has 33 heavy (non-hydrogen) atoms. The summed E-state index contributed by atoms with van der Waals surface area (Å²) in [6, 6.07) is 21.5. The topological polar surface area (TPSA) is 109 Å². The summed E-state index contributed by atoms with van der Waals surface area (Å²) in [7, 11) is 0. The highest BCUT2D eigenvalue weighted by Gasteiger charge is 2.10.